The molecular weight excluding hydrogens is 749 g/mol. The Hall–Kier alpha value is -7.66. The number of carboxylic acid groups (broad SMARTS) is 1. The Morgan fingerprint density at radius 2 is 1.15 bits per heavy atom. The van der Waals surface area contributed by atoms with E-state index in [2.05, 4.69) is 80.3 Å². The summed E-state index contributed by atoms with van der Waals surface area (Å²) in [4.78, 5) is 31.5. The van der Waals surface area contributed by atoms with Gasteiger partial charge in [-0.2, -0.15) is 0 Å². The molecule has 1 amide bonds. The Bertz CT molecular complexity index is 2650. The first-order chi connectivity index (χ1) is 28.9. The molecule has 6 heterocycles. The first-order valence-electron chi connectivity index (χ1n) is 19.1. The molecule has 0 saturated heterocycles. The highest BCUT2D eigenvalue weighted by Gasteiger charge is 2.27. The second kappa shape index (κ2) is 17.6. The molecule has 0 fully saturated rings. The van der Waals surface area contributed by atoms with Crippen LogP contribution >= 0.6 is 0 Å². The Morgan fingerprint density at radius 1 is 0.661 bits per heavy atom. The van der Waals surface area contributed by atoms with Crippen LogP contribution in [0.5, 0.6) is 0 Å². The number of amides is 1. The van der Waals surface area contributed by atoms with E-state index in [4.69, 9.17) is 10.8 Å². The van der Waals surface area contributed by atoms with E-state index in [1.54, 1.807) is 12.7 Å². The molecule has 2 aliphatic rings. The molecular formula is C42H40N14O3. The van der Waals surface area contributed by atoms with Gasteiger partial charge in [0.2, 0.25) is 5.82 Å². The topological polar surface area (TPSA) is 237 Å². The fourth-order valence-electron chi connectivity index (χ4n) is 7.02. The van der Waals surface area contributed by atoms with E-state index < -0.39 is 5.97 Å². The molecule has 2 aliphatic heterocycles. The summed E-state index contributed by atoms with van der Waals surface area (Å²) in [5.74, 6) is 1.26. The summed E-state index contributed by atoms with van der Waals surface area (Å²) in [6.07, 6.45) is 8.05. The zero-order valence-corrected chi connectivity index (χ0v) is 31.8. The van der Waals surface area contributed by atoms with Crippen molar-refractivity contribution in [2.75, 3.05) is 0 Å². The van der Waals surface area contributed by atoms with Gasteiger partial charge in [-0.1, -0.05) is 97.1 Å². The third-order valence-corrected chi connectivity index (χ3v) is 9.91. The van der Waals surface area contributed by atoms with Crippen molar-refractivity contribution in [1.82, 2.24) is 65.2 Å². The molecule has 6 N–H and O–H groups in total. The number of nitrogens with two attached hydrogens (primary N) is 1. The molecule has 8 aromatic rings. The summed E-state index contributed by atoms with van der Waals surface area (Å²) >= 11 is 0. The van der Waals surface area contributed by atoms with Crippen LogP contribution in [0.2, 0.25) is 0 Å². The normalized spacial score (nSPS) is 14.9. The molecule has 296 valence electrons. The zero-order chi connectivity index (χ0) is 40.6. The third-order valence-electron chi connectivity index (χ3n) is 9.91. The van der Waals surface area contributed by atoms with Crippen molar-refractivity contribution >= 4 is 11.9 Å². The molecule has 59 heavy (non-hydrogen) atoms. The Kier molecular flexibility index (Phi) is 11.4. The van der Waals surface area contributed by atoms with Gasteiger partial charge < -0.3 is 16.2 Å². The van der Waals surface area contributed by atoms with E-state index in [1.807, 2.05) is 94.1 Å². The molecule has 17 nitrogen and oxygen atoms in total. The van der Waals surface area contributed by atoms with Crippen molar-refractivity contribution in [2.24, 2.45) is 5.73 Å². The van der Waals surface area contributed by atoms with Crippen molar-refractivity contribution in [1.29, 1.82) is 0 Å². The van der Waals surface area contributed by atoms with Gasteiger partial charge in [-0.25, -0.2) is 14.8 Å². The van der Waals surface area contributed by atoms with Crippen molar-refractivity contribution in [3.8, 4) is 11.4 Å². The number of aromatic carboxylic acids is 1. The largest absolute Gasteiger partial charge is 0.475 e. The number of aromatic nitrogens is 12. The maximum atomic E-state index is 12.8. The van der Waals surface area contributed by atoms with Gasteiger partial charge in [0.15, 0.2) is 11.6 Å². The first-order valence-corrected chi connectivity index (χ1v) is 19.1. The van der Waals surface area contributed by atoms with Gasteiger partial charge in [-0.15, -0.1) is 30.6 Å². The Morgan fingerprint density at radius 3 is 1.73 bits per heavy atom. The van der Waals surface area contributed by atoms with Gasteiger partial charge in [0, 0.05) is 12.8 Å². The number of para-hydroxylation sites is 2. The lowest BCUT2D eigenvalue weighted by atomic mass is 10.1. The van der Waals surface area contributed by atoms with Crippen LogP contribution in [0, 0.1) is 0 Å². The highest BCUT2D eigenvalue weighted by atomic mass is 16.4. The minimum Gasteiger partial charge on any atom is -0.475 e. The molecule has 4 aromatic heterocycles. The number of rotatable bonds is 7. The summed E-state index contributed by atoms with van der Waals surface area (Å²) < 4.78 is 3.93. The molecule has 0 aliphatic carbocycles. The summed E-state index contributed by atoms with van der Waals surface area (Å²) in [5, 5.41) is 41.1. The number of carbonyl (C=O) groups is 2. The average Bonchev–Trinajstić information content (AvgIpc) is 4.10. The molecule has 17 heteroatoms. The summed E-state index contributed by atoms with van der Waals surface area (Å²) in [7, 11) is 0. The number of hydrogen-bond donors (Lipinski definition) is 5. The van der Waals surface area contributed by atoms with Gasteiger partial charge in [-0.3, -0.25) is 24.1 Å². The maximum absolute atomic E-state index is 12.8. The quantitative estimate of drug-likeness (QED) is 0.148. The number of carbonyl (C=O) groups excluding carboxylic acids is 1. The molecule has 0 spiro atoms. The fraction of sp³-hybridized carbons (Fsp3) is 0.190. The molecule has 2 atom stereocenters. The SMILES string of the molecule is N[C@@H]1CCc2ccccc2-n2cnnc21.O=C(N[C@@H]1CCc2ccccc2-n2cnnc21)c1n[nH]c(Cc2ccccc2)n1.O=C(O)c1n[nH]c(Cc2ccccc2)n1. The molecule has 0 bridgehead atoms. The second-order valence-corrected chi connectivity index (χ2v) is 13.9. The van der Waals surface area contributed by atoms with Crippen molar-refractivity contribution in [3.05, 3.63) is 179 Å². The van der Waals surface area contributed by atoms with Crippen LogP contribution in [0.25, 0.3) is 11.4 Å². The van der Waals surface area contributed by atoms with E-state index in [1.165, 1.54) is 11.1 Å². The number of nitrogens with one attached hydrogen (secondary N) is 3. The van der Waals surface area contributed by atoms with Gasteiger partial charge in [0.05, 0.1) is 23.5 Å². The number of H-pyrrole nitrogens is 2. The lowest BCUT2D eigenvalue weighted by Crippen LogP contribution is -2.31. The molecule has 0 unspecified atom stereocenters. The number of aromatic amines is 2. The van der Waals surface area contributed by atoms with Gasteiger partial charge in [-0.05, 0) is 60.1 Å². The Balaban J connectivity index is 0.000000136. The summed E-state index contributed by atoms with van der Waals surface area (Å²) in [6.45, 7) is 0. The fourth-order valence-corrected chi connectivity index (χ4v) is 7.02. The highest BCUT2D eigenvalue weighted by molar-refractivity contribution is 5.90. The van der Waals surface area contributed by atoms with Crippen LogP contribution < -0.4 is 11.1 Å². The monoisotopic (exact) mass is 788 g/mol. The third kappa shape index (κ3) is 9.00. The molecule has 4 aromatic carbocycles. The van der Waals surface area contributed by atoms with Crippen LogP contribution in [0.3, 0.4) is 0 Å². The predicted octanol–water partition coefficient (Wildman–Crippen LogP) is 4.70. The average molecular weight is 789 g/mol. The summed E-state index contributed by atoms with van der Waals surface area (Å²) in [6, 6.07) is 35.7. The van der Waals surface area contributed by atoms with E-state index >= 15 is 0 Å². The number of nitrogens with zero attached hydrogens (tertiary/aromatic N) is 10. The number of hydrogen-bond acceptors (Lipinski definition) is 11. The number of benzene rings is 4. The first kappa shape index (κ1) is 38.2. The maximum Gasteiger partial charge on any atom is 0.375 e. The lowest BCUT2D eigenvalue weighted by Gasteiger charge is -2.14. The van der Waals surface area contributed by atoms with Crippen LogP contribution in [0.4, 0.5) is 0 Å². The van der Waals surface area contributed by atoms with Crippen LogP contribution in [-0.2, 0) is 25.7 Å². The number of carboxylic acids is 1. The van der Waals surface area contributed by atoms with Crippen molar-refractivity contribution in [2.45, 2.75) is 50.6 Å². The zero-order valence-electron chi connectivity index (χ0n) is 31.8. The van der Waals surface area contributed by atoms with Crippen LogP contribution in [0.1, 0.15) is 91.7 Å². The summed E-state index contributed by atoms with van der Waals surface area (Å²) in [5.41, 5.74) is 12.9. The highest BCUT2D eigenvalue weighted by Crippen LogP contribution is 2.29. The van der Waals surface area contributed by atoms with Crippen LogP contribution in [-0.4, -0.2) is 76.9 Å². The Labute approximate surface area is 337 Å². The lowest BCUT2D eigenvalue weighted by molar-refractivity contribution is 0.0683. The van der Waals surface area contributed by atoms with Crippen molar-refractivity contribution < 1.29 is 14.7 Å². The molecule has 0 saturated carbocycles. The minimum atomic E-state index is -1.12. The van der Waals surface area contributed by atoms with E-state index in [0.717, 1.165) is 54.0 Å². The molecule has 10 rings (SSSR count). The standard InChI is InChI=1S/C21H19N7O.C11H12N4.C10H9N3O2/c29-21(19-24-18(25-26-19)12-14-6-2-1-3-7-14)23-16-11-10-15-8-4-5-9-17(15)28-13-22-27-20(16)28;12-9-6-5-8-3-1-2-4-10(8)15-7-13-14-11(9)15;14-10(15)9-11-8(12-13-9)6-7-4-2-1-3-5-7/h1-9,13,16H,10-12H2,(H,23,29)(H,24,25,26);1-4,7,9H,5-6,12H2;1-5H,6H2,(H,14,15)(H,11,12,13)/t16-;9-;/m11./s1. The molecule has 0 radical (unpaired) electrons. The van der Waals surface area contributed by atoms with E-state index in [9.17, 15) is 9.59 Å². The number of fused-ring (bicyclic) bond motifs is 6. The minimum absolute atomic E-state index is 0.0140. The van der Waals surface area contributed by atoms with Crippen LogP contribution in [0.15, 0.2) is 122 Å². The predicted molar refractivity (Wildman–Crippen MR) is 215 cm³/mol. The van der Waals surface area contributed by atoms with Gasteiger partial charge in [0.1, 0.15) is 24.3 Å². The van der Waals surface area contributed by atoms with Crippen molar-refractivity contribution in [3.63, 3.8) is 0 Å². The number of aryl methyl sites for hydroxylation is 2. The van der Waals surface area contributed by atoms with E-state index in [-0.39, 0.29) is 29.6 Å². The van der Waals surface area contributed by atoms with E-state index in [0.29, 0.717) is 30.3 Å². The smallest absolute Gasteiger partial charge is 0.375 e. The second-order valence-electron chi connectivity index (χ2n) is 13.9. The van der Waals surface area contributed by atoms with Gasteiger partial charge >= 0.3 is 5.97 Å². The van der Waals surface area contributed by atoms with Gasteiger partial charge in [0.25, 0.3) is 11.7 Å².